The maximum atomic E-state index is 5.47. The number of H-pyrrole nitrogens is 1. The van der Waals surface area contributed by atoms with E-state index in [4.69, 9.17) is 5.73 Å². The van der Waals surface area contributed by atoms with Gasteiger partial charge in [-0.1, -0.05) is 5.21 Å². The van der Waals surface area contributed by atoms with Crippen molar-refractivity contribution in [3.63, 3.8) is 0 Å². The number of rotatable bonds is 3. The second-order valence-electron chi connectivity index (χ2n) is 3.05. The first kappa shape index (κ1) is 6.72. The third-order valence-electron chi connectivity index (χ3n) is 2.30. The number of hydrogen-bond donors (Lipinski definition) is 2. The van der Waals surface area contributed by atoms with Gasteiger partial charge >= 0.3 is 0 Å². The van der Waals surface area contributed by atoms with Gasteiger partial charge in [-0.25, -0.2) is 0 Å². The summed E-state index contributed by atoms with van der Waals surface area (Å²) in [6.45, 7) is 0.703. The fourth-order valence-corrected chi connectivity index (χ4v) is 1.40. The summed E-state index contributed by atoms with van der Waals surface area (Å²) in [5.41, 5.74) is 5.66. The second kappa shape index (κ2) is 2.27. The van der Waals surface area contributed by atoms with Crippen molar-refractivity contribution in [1.82, 2.24) is 20.6 Å². The van der Waals surface area contributed by atoms with E-state index >= 15 is 0 Å². The third-order valence-corrected chi connectivity index (χ3v) is 2.30. The van der Waals surface area contributed by atoms with Crippen LogP contribution >= 0.6 is 0 Å². The van der Waals surface area contributed by atoms with Gasteiger partial charge in [0.1, 0.15) is 0 Å². The first-order chi connectivity index (χ1) is 5.37. The van der Waals surface area contributed by atoms with Gasteiger partial charge < -0.3 is 5.73 Å². The van der Waals surface area contributed by atoms with Crippen molar-refractivity contribution >= 4 is 0 Å². The minimum absolute atomic E-state index is 0.182. The first-order valence-corrected chi connectivity index (χ1v) is 3.81. The highest BCUT2D eigenvalue weighted by Gasteiger charge is 2.46. The quantitative estimate of drug-likeness (QED) is 0.618. The van der Waals surface area contributed by atoms with E-state index in [1.807, 2.05) is 0 Å². The Bertz CT molecular complexity index is 225. The highest BCUT2D eigenvalue weighted by Crippen LogP contribution is 2.48. The molecule has 0 aromatic carbocycles. The lowest BCUT2D eigenvalue weighted by Gasteiger charge is -2.06. The zero-order chi connectivity index (χ0) is 7.73. The summed E-state index contributed by atoms with van der Waals surface area (Å²) in [5, 5.41) is 13.9. The molecule has 0 unspecified atom stereocenters. The SMILES string of the molecule is NCCC1(c2nn[nH]n2)CC1. The monoisotopic (exact) mass is 153 g/mol. The predicted octanol–water partition coefficient (Wildman–Crippen LogP) is -0.420. The Hall–Kier alpha value is -0.970. The van der Waals surface area contributed by atoms with Crippen LogP contribution in [0.3, 0.4) is 0 Å². The molecule has 1 aromatic heterocycles. The van der Waals surface area contributed by atoms with Gasteiger partial charge in [0, 0.05) is 5.41 Å². The average molecular weight is 153 g/mol. The van der Waals surface area contributed by atoms with E-state index < -0.39 is 0 Å². The van der Waals surface area contributed by atoms with Gasteiger partial charge in [-0.05, 0) is 25.8 Å². The molecule has 11 heavy (non-hydrogen) atoms. The van der Waals surface area contributed by atoms with Crippen LogP contribution in [-0.4, -0.2) is 27.2 Å². The van der Waals surface area contributed by atoms with Crippen LogP contribution in [0.5, 0.6) is 0 Å². The molecule has 3 N–H and O–H groups in total. The molecule has 2 rings (SSSR count). The Morgan fingerprint density at radius 3 is 2.82 bits per heavy atom. The van der Waals surface area contributed by atoms with Crippen molar-refractivity contribution in [2.24, 2.45) is 5.73 Å². The minimum atomic E-state index is 0.182. The van der Waals surface area contributed by atoms with Crippen LogP contribution in [0.25, 0.3) is 0 Å². The van der Waals surface area contributed by atoms with Crippen molar-refractivity contribution in [3.05, 3.63) is 5.82 Å². The lowest BCUT2D eigenvalue weighted by atomic mass is 10.0. The van der Waals surface area contributed by atoms with Gasteiger partial charge in [0.05, 0.1) is 0 Å². The minimum Gasteiger partial charge on any atom is -0.330 e. The topological polar surface area (TPSA) is 80.5 Å². The normalized spacial score (nSPS) is 20.1. The molecule has 1 aromatic rings. The van der Waals surface area contributed by atoms with Crippen molar-refractivity contribution in [3.8, 4) is 0 Å². The van der Waals surface area contributed by atoms with Gasteiger partial charge in [0.25, 0.3) is 0 Å². The van der Waals surface area contributed by atoms with Crippen LogP contribution in [0.2, 0.25) is 0 Å². The summed E-state index contributed by atoms with van der Waals surface area (Å²) in [6.07, 6.45) is 3.29. The summed E-state index contributed by atoms with van der Waals surface area (Å²) < 4.78 is 0. The highest BCUT2D eigenvalue weighted by molar-refractivity contribution is 5.15. The number of tetrazole rings is 1. The second-order valence-corrected chi connectivity index (χ2v) is 3.05. The van der Waals surface area contributed by atoms with E-state index in [0.717, 1.165) is 25.1 Å². The van der Waals surface area contributed by atoms with E-state index in [2.05, 4.69) is 20.6 Å². The van der Waals surface area contributed by atoms with E-state index in [-0.39, 0.29) is 5.41 Å². The molecule has 1 aliphatic rings. The lowest BCUT2D eigenvalue weighted by molar-refractivity contribution is 0.589. The fourth-order valence-electron chi connectivity index (χ4n) is 1.40. The van der Waals surface area contributed by atoms with Gasteiger partial charge in [-0.15, -0.1) is 10.2 Å². The molecule has 60 valence electrons. The van der Waals surface area contributed by atoms with E-state index in [9.17, 15) is 0 Å². The van der Waals surface area contributed by atoms with Crippen molar-refractivity contribution in [2.45, 2.75) is 24.7 Å². The molecule has 0 bridgehead atoms. The summed E-state index contributed by atoms with van der Waals surface area (Å²) in [5.74, 6) is 0.836. The molecule has 1 heterocycles. The maximum absolute atomic E-state index is 5.47. The summed E-state index contributed by atoms with van der Waals surface area (Å²) in [4.78, 5) is 0. The number of aromatic amines is 1. The molecular formula is C6H11N5. The Balaban J connectivity index is 2.15. The van der Waals surface area contributed by atoms with Gasteiger partial charge in [-0.3, -0.25) is 0 Å². The number of hydrogen-bond acceptors (Lipinski definition) is 4. The van der Waals surface area contributed by atoms with Crippen LogP contribution < -0.4 is 5.73 Å². The zero-order valence-corrected chi connectivity index (χ0v) is 6.25. The first-order valence-electron chi connectivity index (χ1n) is 3.81. The van der Waals surface area contributed by atoms with Crippen LogP contribution in [0.1, 0.15) is 25.1 Å². The number of nitrogens with two attached hydrogens (primary N) is 1. The van der Waals surface area contributed by atoms with Crippen LogP contribution in [0.4, 0.5) is 0 Å². The molecule has 0 atom stereocenters. The molecule has 0 spiro atoms. The maximum Gasteiger partial charge on any atom is 0.180 e. The molecule has 0 amide bonds. The van der Waals surface area contributed by atoms with Crippen LogP contribution in [0.15, 0.2) is 0 Å². The predicted molar refractivity (Wildman–Crippen MR) is 38.8 cm³/mol. The number of nitrogens with zero attached hydrogens (tertiary/aromatic N) is 3. The fraction of sp³-hybridized carbons (Fsp3) is 0.833. The van der Waals surface area contributed by atoms with E-state index in [1.54, 1.807) is 0 Å². The van der Waals surface area contributed by atoms with E-state index in [0.29, 0.717) is 6.54 Å². The molecule has 1 saturated carbocycles. The van der Waals surface area contributed by atoms with Crippen molar-refractivity contribution < 1.29 is 0 Å². The van der Waals surface area contributed by atoms with Crippen LogP contribution in [0, 0.1) is 0 Å². The van der Waals surface area contributed by atoms with Crippen molar-refractivity contribution in [1.29, 1.82) is 0 Å². The Morgan fingerprint density at radius 2 is 2.36 bits per heavy atom. The van der Waals surface area contributed by atoms with Gasteiger partial charge in [0.2, 0.25) is 0 Å². The van der Waals surface area contributed by atoms with Crippen LogP contribution in [-0.2, 0) is 5.41 Å². The standard InChI is InChI=1S/C6H11N5/c7-4-3-6(1-2-6)5-8-10-11-9-5/h1-4,7H2,(H,8,9,10,11). The molecule has 5 nitrogen and oxygen atoms in total. The molecular weight excluding hydrogens is 142 g/mol. The molecule has 1 fully saturated rings. The smallest absolute Gasteiger partial charge is 0.180 e. The van der Waals surface area contributed by atoms with Gasteiger partial charge in [0.15, 0.2) is 5.82 Å². The third kappa shape index (κ3) is 1.01. The van der Waals surface area contributed by atoms with Gasteiger partial charge in [-0.2, -0.15) is 5.21 Å². The summed E-state index contributed by atoms with van der Waals surface area (Å²) in [7, 11) is 0. The molecule has 0 aliphatic heterocycles. The zero-order valence-electron chi connectivity index (χ0n) is 6.25. The number of aromatic nitrogens is 4. The lowest BCUT2D eigenvalue weighted by Crippen LogP contribution is -2.15. The molecule has 0 radical (unpaired) electrons. The van der Waals surface area contributed by atoms with Crippen molar-refractivity contribution in [2.75, 3.05) is 6.54 Å². The summed E-state index contributed by atoms with van der Waals surface area (Å²) in [6, 6.07) is 0. The Labute approximate surface area is 64.4 Å². The average Bonchev–Trinajstić information content (AvgIpc) is 2.63. The molecule has 5 heteroatoms. The molecule has 0 saturated heterocycles. The number of nitrogens with one attached hydrogen (secondary N) is 1. The largest absolute Gasteiger partial charge is 0.330 e. The molecule has 1 aliphatic carbocycles. The van der Waals surface area contributed by atoms with E-state index in [1.165, 1.54) is 0 Å². The Kier molecular flexibility index (Phi) is 1.38. The Morgan fingerprint density at radius 1 is 1.55 bits per heavy atom. The summed E-state index contributed by atoms with van der Waals surface area (Å²) >= 11 is 0. The highest BCUT2D eigenvalue weighted by atomic mass is 15.5.